The molecule has 1 aliphatic rings. The van der Waals surface area contributed by atoms with Gasteiger partial charge < -0.3 is 20.1 Å². The van der Waals surface area contributed by atoms with Crippen LogP contribution in [0.4, 0.5) is 13.2 Å². The number of guanidine groups is 1. The van der Waals surface area contributed by atoms with Crippen molar-refractivity contribution in [1.82, 2.24) is 10.6 Å². The predicted molar refractivity (Wildman–Crippen MR) is 98.7 cm³/mol. The third-order valence-electron chi connectivity index (χ3n) is 4.10. The van der Waals surface area contributed by atoms with Crippen LogP contribution >= 0.6 is 0 Å². The molecule has 1 atom stereocenters. The molecule has 1 aromatic carbocycles. The number of hydrogen-bond acceptors (Lipinski definition) is 3. The van der Waals surface area contributed by atoms with Gasteiger partial charge in [0.25, 0.3) is 0 Å². The molecule has 5 nitrogen and oxygen atoms in total. The Morgan fingerprint density at radius 2 is 2.19 bits per heavy atom. The highest BCUT2D eigenvalue weighted by molar-refractivity contribution is 5.79. The fraction of sp³-hybridized carbons (Fsp3) is 0.632. The van der Waals surface area contributed by atoms with Crippen LogP contribution in [0.3, 0.4) is 0 Å². The summed E-state index contributed by atoms with van der Waals surface area (Å²) in [5, 5.41) is 6.26. The minimum atomic E-state index is -4.34. The van der Waals surface area contributed by atoms with E-state index in [4.69, 9.17) is 9.47 Å². The van der Waals surface area contributed by atoms with Gasteiger partial charge in [-0.25, -0.2) is 4.99 Å². The average molecular weight is 387 g/mol. The molecule has 0 bridgehead atoms. The fourth-order valence-electron chi connectivity index (χ4n) is 2.73. The molecule has 0 radical (unpaired) electrons. The van der Waals surface area contributed by atoms with Gasteiger partial charge in [0.05, 0.1) is 24.8 Å². The lowest BCUT2D eigenvalue weighted by atomic mass is 10.1. The number of hydrogen-bond donors (Lipinski definition) is 2. The summed E-state index contributed by atoms with van der Waals surface area (Å²) in [4.78, 5) is 4.35. The largest absolute Gasteiger partial charge is 0.416 e. The molecule has 2 N–H and O–H groups in total. The Hall–Kier alpha value is -1.80. The summed E-state index contributed by atoms with van der Waals surface area (Å²) in [6, 6.07) is 5.24. The number of benzene rings is 1. The number of aliphatic imine (C=N–C) groups is 1. The first-order chi connectivity index (χ1) is 13.0. The van der Waals surface area contributed by atoms with E-state index in [1.165, 1.54) is 6.07 Å². The van der Waals surface area contributed by atoms with E-state index in [-0.39, 0.29) is 12.6 Å². The Morgan fingerprint density at radius 3 is 2.89 bits per heavy atom. The Morgan fingerprint density at radius 1 is 1.33 bits per heavy atom. The lowest BCUT2D eigenvalue weighted by molar-refractivity contribution is -0.137. The van der Waals surface area contributed by atoms with Crippen LogP contribution in [0.1, 0.15) is 37.3 Å². The summed E-state index contributed by atoms with van der Waals surface area (Å²) in [7, 11) is 0. The van der Waals surface area contributed by atoms with Gasteiger partial charge in [-0.05, 0) is 43.9 Å². The second kappa shape index (κ2) is 11.1. The van der Waals surface area contributed by atoms with E-state index in [2.05, 4.69) is 15.6 Å². The van der Waals surface area contributed by atoms with Crippen molar-refractivity contribution in [2.45, 2.75) is 45.0 Å². The average Bonchev–Trinajstić information content (AvgIpc) is 3.15. The van der Waals surface area contributed by atoms with E-state index in [0.29, 0.717) is 37.8 Å². The summed E-state index contributed by atoms with van der Waals surface area (Å²) >= 11 is 0. The van der Waals surface area contributed by atoms with Gasteiger partial charge in [0.2, 0.25) is 0 Å². The third-order valence-corrected chi connectivity index (χ3v) is 4.10. The molecule has 8 heteroatoms. The molecular weight excluding hydrogens is 359 g/mol. The number of ether oxygens (including phenoxy) is 2. The van der Waals surface area contributed by atoms with Gasteiger partial charge >= 0.3 is 6.18 Å². The van der Waals surface area contributed by atoms with Crippen LogP contribution < -0.4 is 10.6 Å². The van der Waals surface area contributed by atoms with Gasteiger partial charge in [0.15, 0.2) is 5.96 Å². The van der Waals surface area contributed by atoms with Crippen LogP contribution in [0.25, 0.3) is 0 Å². The lowest BCUT2D eigenvalue weighted by Gasteiger charge is -2.13. The smallest absolute Gasteiger partial charge is 0.379 e. The first kappa shape index (κ1) is 21.5. The van der Waals surface area contributed by atoms with Gasteiger partial charge in [0, 0.05) is 26.3 Å². The molecule has 1 unspecified atom stereocenters. The summed E-state index contributed by atoms with van der Waals surface area (Å²) in [5.74, 6) is 0.578. The molecule has 1 saturated heterocycles. The van der Waals surface area contributed by atoms with E-state index in [1.807, 2.05) is 6.92 Å². The Balaban J connectivity index is 1.73. The third kappa shape index (κ3) is 8.17. The van der Waals surface area contributed by atoms with Crippen LogP contribution in [0.2, 0.25) is 0 Å². The number of alkyl halides is 3. The van der Waals surface area contributed by atoms with Crippen molar-refractivity contribution in [2.75, 3.05) is 32.9 Å². The molecule has 2 rings (SSSR count). The molecule has 0 amide bonds. The van der Waals surface area contributed by atoms with Crippen molar-refractivity contribution in [2.24, 2.45) is 4.99 Å². The Kier molecular flexibility index (Phi) is 8.87. The van der Waals surface area contributed by atoms with Crippen LogP contribution in [-0.2, 0) is 22.2 Å². The van der Waals surface area contributed by atoms with E-state index < -0.39 is 11.7 Å². The maximum Gasteiger partial charge on any atom is 0.416 e. The first-order valence-electron chi connectivity index (χ1n) is 9.36. The summed E-state index contributed by atoms with van der Waals surface area (Å²) < 4.78 is 49.4. The van der Waals surface area contributed by atoms with E-state index in [1.54, 1.807) is 6.07 Å². The standard InChI is InChI=1S/C19H28F3N3O2/c1-2-23-18(24-9-5-10-26-14-17-8-4-11-27-17)25-13-15-6-3-7-16(12-15)19(20,21)22/h3,6-7,12,17H,2,4-5,8-11,13-14H2,1H3,(H2,23,24,25). The zero-order valence-electron chi connectivity index (χ0n) is 15.6. The van der Waals surface area contributed by atoms with Gasteiger partial charge in [-0.2, -0.15) is 13.2 Å². The van der Waals surface area contributed by atoms with E-state index in [9.17, 15) is 13.2 Å². The van der Waals surface area contributed by atoms with Crippen molar-refractivity contribution in [3.63, 3.8) is 0 Å². The molecule has 1 fully saturated rings. The zero-order chi connectivity index (χ0) is 19.5. The SMILES string of the molecule is CCNC(=NCc1cccc(C(F)(F)F)c1)NCCCOCC1CCCO1. The maximum atomic E-state index is 12.8. The number of halogens is 3. The Labute approximate surface area is 158 Å². The van der Waals surface area contributed by atoms with Crippen LogP contribution in [0.15, 0.2) is 29.3 Å². The van der Waals surface area contributed by atoms with Gasteiger partial charge in [-0.1, -0.05) is 12.1 Å². The quantitative estimate of drug-likeness (QED) is 0.388. The molecule has 1 heterocycles. The van der Waals surface area contributed by atoms with Crippen molar-refractivity contribution in [3.8, 4) is 0 Å². The van der Waals surface area contributed by atoms with Gasteiger partial charge in [-0.3, -0.25) is 0 Å². The predicted octanol–water partition coefficient (Wildman–Crippen LogP) is 3.35. The summed E-state index contributed by atoms with van der Waals surface area (Å²) in [5.41, 5.74) is -0.140. The lowest BCUT2D eigenvalue weighted by Crippen LogP contribution is -2.38. The second-order valence-corrected chi connectivity index (χ2v) is 6.38. The second-order valence-electron chi connectivity index (χ2n) is 6.38. The highest BCUT2D eigenvalue weighted by Crippen LogP contribution is 2.29. The van der Waals surface area contributed by atoms with Crippen molar-refractivity contribution in [3.05, 3.63) is 35.4 Å². The molecule has 0 aliphatic carbocycles. The minimum absolute atomic E-state index is 0.175. The number of rotatable bonds is 9. The molecule has 1 aromatic rings. The number of nitrogens with one attached hydrogen (secondary N) is 2. The van der Waals surface area contributed by atoms with Crippen molar-refractivity contribution in [1.29, 1.82) is 0 Å². The minimum Gasteiger partial charge on any atom is -0.379 e. The highest BCUT2D eigenvalue weighted by atomic mass is 19.4. The van der Waals surface area contributed by atoms with E-state index in [0.717, 1.165) is 38.0 Å². The maximum absolute atomic E-state index is 12.8. The highest BCUT2D eigenvalue weighted by Gasteiger charge is 2.30. The summed E-state index contributed by atoms with van der Waals surface area (Å²) in [6.07, 6.45) is -1.15. The van der Waals surface area contributed by atoms with Crippen molar-refractivity contribution >= 4 is 5.96 Å². The monoisotopic (exact) mass is 387 g/mol. The zero-order valence-corrected chi connectivity index (χ0v) is 15.6. The molecule has 0 spiro atoms. The van der Waals surface area contributed by atoms with E-state index >= 15 is 0 Å². The first-order valence-corrected chi connectivity index (χ1v) is 9.36. The van der Waals surface area contributed by atoms with Crippen LogP contribution in [0, 0.1) is 0 Å². The molecule has 152 valence electrons. The van der Waals surface area contributed by atoms with Crippen LogP contribution in [0.5, 0.6) is 0 Å². The fourth-order valence-corrected chi connectivity index (χ4v) is 2.73. The molecule has 1 aliphatic heterocycles. The summed E-state index contributed by atoms with van der Waals surface area (Å²) in [6.45, 7) is 5.53. The molecule has 0 aromatic heterocycles. The molecule has 0 saturated carbocycles. The van der Waals surface area contributed by atoms with Gasteiger partial charge in [-0.15, -0.1) is 0 Å². The normalized spacial score (nSPS) is 17.9. The topological polar surface area (TPSA) is 54.9 Å². The van der Waals surface area contributed by atoms with Crippen LogP contribution in [-0.4, -0.2) is 45.0 Å². The molecule has 27 heavy (non-hydrogen) atoms. The van der Waals surface area contributed by atoms with Gasteiger partial charge in [0.1, 0.15) is 0 Å². The molecular formula is C19H28F3N3O2. The number of nitrogens with zero attached hydrogens (tertiary/aromatic N) is 1. The van der Waals surface area contributed by atoms with Crippen molar-refractivity contribution < 1.29 is 22.6 Å². The Bertz CT molecular complexity index is 588.